The maximum Gasteiger partial charge on any atom is 0.335 e. The molecule has 1 saturated heterocycles. The molecule has 1 N–H and O–H groups in total. The highest BCUT2D eigenvalue weighted by Gasteiger charge is 2.25. The van der Waals surface area contributed by atoms with Gasteiger partial charge in [-0.2, -0.15) is 0 Å². The van der Waals surface area contributed by atoms with Gasteiger partial charge in [-0.1, -0.05) is 12.1 Å². The highest BCUT2D eigenvalue weighted by Crippen LogP contribution is 2.19. The van der Waals surface area contributed by atoms with Crippen LogP contribution in [0.3, 0.4) is 0 Å². The molecule has 4 nitrogen and oxygen atoms in total. The summed E-state index contributed by atoms with van der Waals surface area (Å²) in [6, 6.07) is 6.15. The molecule has 4 heteroatoms. The van der Waals surface area contributed by atoms with Crippen molar-refractivity contribution in [1.82, 2.24) is 4.90 Å². The van der Waals surface area contributed by atoms with Gasteiger partial charge in [0.1, 0.15) is 0 Å². The molecule has 2 rings (SSSR count). The summed E-state index contributed by atoms with van der Waals surface area (Å²) < 4.78 is 0. The first-order valence-corrected chi connectivity index (χ1v) is 5.87. The molecule has 1 aromatic rings. The first kappa shape index (κ1) is 12.4. The SMILES string of the molecule is C=CC1CCN(C(=O)c2cccc(C(=O)O)c2)C1. The molecule has 94 valence electrons. The van der Waals surface area contributed by atoms with Gasteiger partial charge in [-0.15, -0.1) is 6.58 Å². The summed E-state index contributed by atoms with van der Waals surface area (Å²) in [7, 11) is 0. The lowest BCUT2D eigenvalue weighted by molar-refractivity contribution is 0.0697. The van der Waals surface area contributed by atoms with Crippen molar-refractivity contribution in [3.05, 3.63) is 48.0 Å². The topological polar surface area (TPSA) is 57.6 Å². The van der Waals surface area contributed by atoms with E-state index in [2.05, 4.69) is 6.58 Å². The molecule has 0 saturated carbocycles. The fraction of sp³-hybridized carbons (Fsp3) is 0.286. The number of nitrogens with zero attached hydrogens (tertiary/aromatic N) is 1. The van der Waals surface area contributed by atoms with Gasteiger partial charge in [0, 0.05) is 18.7 Å². The molecule has 0 aliphatic carbocycles. The number of amides is 1. The molecular weight excluding hydrogens is 230 g/mol. The largest absolute Gasteiger partial charge is 0.478 e. The number of hydrogen-bond acceptors (Lipinski definition) is 2. The molecule has 1 fully saturated rings. The fourth-order valence-corrected chi connectivity index (χ4v) is 2.13. The number of carboxylic acid groups (broad SMARTS) is 1. The predicted molar refractivity (Wildman–Crippen MR) is 67.6 cm³/mol. The normalized spacial score (nSPS) is 18.7. The summed E-state index contributed by atoms with van der Waals surface area (Å²) in [4.78, 5) is 24.8. The highest BCUT2D eigenvalue weighted by molar-refractivity contribution is 5.97. The zero-order chi connectivity index (χ0) is 13.1. The van der Waals surface area contributed by atoms with Crippen molar-refractivity contribution in [2.24, 2.45) is 5.92 Å². The van der Waals surface area contributed by atoms with Gasteiger partial charge in [-0.05, 0) is 30.5 Å². The lowest BCUT2D eigenvalue weighted by Crippen LogP contribution is -2.28. The minimum atomic E-state index is -1.02. The Morgan fingerprint density at radius 3 is 2.72 bits per heavy atom. The Kier molecular flexibility index (Phi) is 3.46. The summed E-state index contributed by atoms with van der Waals surface area (Å²) in [5.74, 6) is -0.783. The fourth-order valence-electron chi connectivity index (χ4n) is 2.13. The van der Waals surface area contributed by atoms with Gasteiger partial charge in [0.05, 0.1) is 5.56 Å². The van der Waals surface area contributed by atoms with E-state index in [1.54, 1.807) is 17.0 Å². The van der Waals surface area contributed by atoms with Gasteiger partial charge in [0.25, 0.3) is 5.91 Å². The van der Waals surface area contributed by atoms with Gasteiger partial charge < -0.3 is 10.0 Å². The summed E-state index contributed by atoms with van der Waals surface area (Å²) >= 11 is 0. The third kappa shape index (κ3) is 2.42. The van der Waals surface area contributed by atoms with Crippen molar-refractivity contribution in [3.8, 4) is 0 Å². The van der Waals surface area contributed by atoms with E-state index in [-0.39, 0.29) is 11.5 Å². The van der Waals surface area contributed by atoms with Crippen LogP contribution < -0.4 is 0 Å². The van der Waals surface area contributed by atoms with E-state index < -0.39 is 5.97 Å². The van der Waals surface area contributed by atoms with Crippen LogP contribution in [0, 0.1) is 5.92 Å². The Morgan fingerprint density at radius 2 is 2.11 bits per heavy atom. The number of aromatic carboxylic acids is 1. The molecule has 1 aliphatic heterocycles. The van der Waals surface area contributed by atoms with Crippen molar-refractivity contribution in [3.63, 3.8) is 0 Å². The molecule has 1 aromatic carbocycles. The molecule has 0 aromatic heterocycles. The maximum absolute atomic E-state index is 12.2. The van der Waals surface area contributed by atoms with Crippen LogP contribution in [0.2, 0.25) is 0 Å². The minimum Gasteiger partial charge on any atom is -0.478 e. The Labute approximate surface area is 106 Å². The van der Waals surface area contributed by atoms with E-state index in [1.165, 1.54) is 12.1 Å². The average molecular weight is 245 g/mol. The van der Waals surface area contributed by atoms with Crippen LogP contribution in [0.1, 0.15) is 27.1 Å². The lowest BCUT2D eigenvalue weighted by Gasteiger charge is -2.16. The van der Waals surface area contributed by atoms with Crippen LogP contribution in [0.5, 0.6) is 0 Å². The van der Waals surface area contributed by atoms with E-state index in [0.717, 1.165) is 6.42 Å². The van der Waals surface area contributed by atoms with E-state index >= 15 is 0 Å². The molecule has 1 amide bonds. The molecule has 1 unspecified atom stereocenters. The standard InChI is InChI=1S/C14H15NO3/c1-2-10-6-7-15(9-10)13(16)11-4-3-5-12(8-11)14(17)18/h2-5,8,10H,1,6-7,9H2,(H,17,18). The van der Waals surface area contributed by atoms with E-state index in [0.29, 0.717) is 24.6 Å². The molecule has 18 heavy (non-hydrogen) atoms. The van der Waals surface area contributed by atoms with Crippen molar-refractivity contribution < 1.29 is 14.7 Å². The zero-order valence-electron chi connectivity index (χ0n) is 10.0. The number of carbonyl (C=O) groups excluding carboxylic acids is 1. The number of benzene rings is 1. The molecule has 0 radical (unpaired) electrons. The van der Waals surface area contributed by atoms with Crippen LogP contribution in [0.4, 0.5) is 0 Å². The molecule has 0 bridgehead atoms. The number of carbonyl (C=O) groups is 2. The maximum atomic E-state index is 12.2. The van der Waals surface area contributed by atoms with Gasteiger partial charge in [0.15, 0.2) is 0 Å². The number of likely N-dealkylation sites (tertiary alicyclic amines) is 1. The second-order valence-electron chi connectivity index (χ2n) is 4.42. The van der Waals surface area contributed by atoms with Crippen LogP contribution >= 0.6 is 0 Å². The minimum absolute atomic E-state index is 0.109. The van der Waals surface area contributed by atoms with Crippen molar-refractivity contribution in [2.75, 3.05) is 13.1 Å². The predicted octanol–water partition coefficient (Wildman–Crippen LogP) is 2.03. The summed E-state index contributed by atoms with van der Waals surface area (Å²) in [5.41, 5.74) is 0.569. The summed E-state index contributed by atoms with van der Waals surface area (Å²) in [6.07, 6.45) is 2.79. The van der Waals surface area contributed by atoms with Gasteiger partial charge in [0.2, 0.25) is 0 Å². The third-order valence-electron chi connectivity index (χ3n) is 3.20. The molecule has 0 spiro atoms. The number of carboxylic acids is 1. The molecule has 1 atom stereocenters. The summed E-state index contributed by atoms with van der Waals surface area (Å²) in [6.45, 7) is 5.10. The first-order chi connectivity index (χ1) is 8.61. The molecule has 1 aliphatic rings. The van der Waals surface area contributed by atoms with E-state index in [4.69, 9.17) is 5.11 Å². The van der Waals surface area contributed by atoms with Crippen molar-refractivity contribution >= 4 is 11.9 Å². The van der Waals surface area contributed by atoms with Gasteiger partial charge in [-0.25, -0.2) is 4.79 Å². The van der Waals surface area contributed by atoms with E-state index in [9.17, 15) is 9.59 Å². The van der Waals surface area contributed by atoms with Gasteiger partial charge >= 0.3 is 5.97 Å². The second kappa shape index (κ2) is 5.04. The van der Waals surface area contributed by atoms with Crippen LogP contribution in [-0.4, -0.2) is 35.0 Å². The van der Waals surface area contributed by atoms with Crippen LogP contribution in [0.25, 0.3) is 0 Å². The first-order valence-electron chi connectivity index (χ1n) is 5.87. The van der Waals surface area contributed by atoms with Gasteiger partial charge in [-0.3, -0.25) is 4.79 Å². The van der Waals surface area contributed by atoms with Crippen molar-refractivity contribution in [1.29, 1.82) is 0 Å². The average Bonchev–Trinajstić information content (AvgIpc) is 2.86. The second-order valence-corrected chi connectivity index (χ2v) is 4.42. The van der Waals surface area contributed by atoms with Crippen molar-refractivity contribution in [2.45, 2.75) is 6.42 Å². The lowest BCUT2D eigenvalue weighted by atomic mass is 10.1. The van der Waals surface area contributed by atoms with Crippen LogP contribution in [0.15, 0.2) is 36.9 Å². The third-order valence-corrected chi connectivity index (χ3v) is 3.20. The monoisotopic (exact) mass is 245 g/mol. The molecule has 1 heterocycles. The van der Waals surface area contributed by atoms with Crippen LogP contribution in [-0.2, 0) is 0 Å². The zero-order valence-corrected chi connectivity index (χ0v) is 10.0. The molecular formula is C14H15NO3. The Balaban J connectivity index is 2.16. The summed E-state index contributed by atoms with van der Waals surface area (Å²) in [5, 5.41) is 8.90. The Morgan fingerprint density at radius 1 is 1.39 bits per heavy atom. The Hall–Kier alpha value is -2.10. The highest BCUT2D eigenvalue weighted by atomic mass is 16.4. The number of hydrogen-bond donors (Lipinski definition) is 1. The van der Waals surface area contributed by atoms with E-state index in [1.807, 2.05) is 6.08 Å². The number of rotatable bonds is 3. The quantitative estimate of drug-likeness (QED) is 0.829. The smallest absolute Gasteiger partial charge is 0.335 e. The Bertz CT molecular complexity index is 496.